The average Bonchev–Trinajstić information content (AvgIpc) is 3.27. The molecule has 162 valence electrons. The number of guanidine groups is 1. The van der Waals surface area contributed by atoms with E-state index in [2.05, 4.69) is 67.2 Å². The predicted octanol–water partition coefficient (Wildman–Crippen LogP) is 2.71. The van der Waals surface area contributed by atoms with Crippen molar-refractivity contribution in [2.24, 2.45) is 10.9 Å². The van der Waals surface area contributed by atoms with Crippen LogP contribution in [-0.2, 0) is 0 Å². The van der Waals surface area contributed by atoms with Gasteiger partial charge >= 0.3 is 0 Å². The minimum atomic E-state index is 0. The predicted molar refractivity (Wildman–Crippen MR) is 134 cm³/mol. The van der Waals surface area contributed by atoms with Gasteiger partial charge in [0.05, 0.1) is 0 Å². The summed E-state index contributed by atoms with van der Waals surface area (Å²) in [5, 5.41) is 3.49. The third kappa shape index (κ3) is 5.74. The maximum absolute atomic E-state index is 5.00. The van der Waals surface area contributed by atoms with Gasteiger partial charge in [0.1, 0.15) is 0 Å². The summed E-state index contributed by atoms with van der Waals surface area (Å²) in [7, 11) is 0. The molecule has 7 nitrogen and oxygen atoms in total. The molecule has 0 aliphatic carbocycles. The van der Waals surface area contributed by atoms with Crippen LogP contribution < -0.4 is 15.1 Å². The van der Waals surface area contributed by atoms with Crippen molar-refractivity contribution in [3.05, 3.63) is 48.8 Å². The molecule has 2 aliphatic heterocycles. The van der Waals surface area contributed by atoms with Crippen LogP contribution in [0.4, 0.5) is 11.6 Å². The van der Waals surface area contributed by atoms with E-state index in [1.807, 2.05) is 6.07 Å². The van der Waals surface area contributed by atoms with E-state index >= 15 is 0 Å². The molecule has 2 saturated heterocycles. The van der Waals surface area contributed by atoms with Crippen molar-refractivity contribution in [2.45, 2.75) is 13.3 Å². The van der Waals surface area contributed by atoms with E-state index in [1.165, 1.54) is 12.1 Å². The van der Waals surface area contributed by atoms with Gasteiger partial charge in [-0.25, -0.2) is 9.97 Å². The molecule has 1 N–H and O–H groups in total. The molecule has 0 spiro atoms. The number of para-hydroxylation sites is 1. The van der Waals surface area contributed by atoms with Crippen LogP contribution in [0.2, 0.25) is 0 Å². The minimum absolute atomic E-state index is 0. The van der Waals surface area contributed by atoms with E-state index in [9.17, 15) is 0 Å². The van der Waals surface area contributed by atoms with E-state index in [4.69, 9.17) is 4.99 Å². The maximum Gasteiger partial charge on any atom is 0.225 e. The van der Waals surface area contributed by atoms with Crippen LogP contribution >= 0.6 is 24.0 Å². The molecule has 2 fully saturated rings. The number of hydrogen-bond donors (Lipinski definition) is 1. The molecule has 0 amide bonds. The number of benzene rings is 1. The summed E-state index contributed by atoms with van der Waals surface area (Å²) >= 11 is 0. The van der Waals surface area contributed by atoms with Gasteiger partial charge in [0, 0.05) is 70.4 Å². The van der Waals surface area contributed by atoms with Crippen molar-refractivity contribution in [1.29, 1.82) is 0 Å². The number of aliphatic imine (C=N–C) groups is 1. The second-order valence-corrected chi connectivity index (χ2v) is 7.65. The van der Waals surface area contributed by atoms with Crippen LogP contribution in [0.5, 0.6) is 0 Å². The summed E-state index contributed by atoms with van der Waals surface area (Å²) in [6.45, 7) is 9.82. The van der Waals surface area contributed by atoms with Gasteiger partial charge in [0.15, 0.2) is 5.96 Å². The molecule has 2 aliphatic rings. The van der Waals surface area contributed by atoms with Crippen molar-refractivity contribution in [2.75, 3.05) is 62.2 Å². The van der Waals surface area contributed by atoms with Crippen molar-refractivity contribution < 1.29 is 0 Å². The summed E-state index contributed by atoms with van der Waals surface area (Å²) in [6.07, 6.45) is 4.82. The van der Waals surface area contributed by atoms with Gasteiger partial charge in [0.25, 0.3) is 0 Å². The molecule has 0 saturated carbocycles. The summed E-state index contributed by atoms with van der Waals surface area (Å²) in [5.41, 5.74) is 1.32. The first-order chi connectivity index (χ1) is 14.3. The molecule has 1 unspecified atom stereocenters. The lowest BCUT2D eigenvalue weighted by Crippen LogP contribution is -2.53. The molecule has 2 aromatic rings. The Bertz CT molecular complexity index is 779. The standard InChI is InChI=1S/C22H31N7.HI/c1-2-23-21(27-13-15-28(16-14-27)22-24-10-6-11-25-22)26-17-19-9-12-29(18-19)20-7-4-3-5-8-20;/h3-8,10-11,19H,2,9,12-18H2,1H3,(H,23,26);1H. The van der Waals surface area contributed by atoms with Gasteiger partial charge in [-0.1, -0.05) is 18.2 Å². The molecular formula is C22H32IN7. The van der Waals surface area contributed by atoms with Crippen molar-refractivity contribution in [1.82, 2.24) is 20.2 Å². The fourth-order valence-corrected chi connectivity index (χ4v) is 4.07. The first-order valence-electron chi connectivity index (χ1n) is 10.7. The van der Waals surface area contributed by atoms with E-state index in [-0.39, 0.29) is 24.0 Å². The number of piperazine rings is 1. The van der Waals surface area contributed by atoms with E-state index < -0.39 is 0 Å². The molecule has 8 heteroatoms. The van der Waals surface area contributed by atoms with Crippen LogP contribution in [-0.4, -0.2) is 73.2 Å². The number of halogens is 1. The number of nitrogens with zero attached hydrogens (tertiary/aromatic N) is 6. The third-order valence-corrected chi connectivity index (χ3v) is 5.66. The zero-order chi connectivity index (χ0) is 19.9. The Morgan fingerprint density at radius 1 is 1.00 bits per heavy atom. The zero-order valence-electron chi connectivity index (χ0n) is 17.7. The Kier molecular flexibility index (Phi) is 8.53. The highest BCUT2D eigenvalue weighted by atomic mass is 127. The van der Waals surface area contributed by atoms with Gasteiger partial charge in [0.2, 0.25) is 5.95 Å². The van der Waals surface area contributed by atoms with Crippen LogP contribution in [0.25, 0.3) is 0 Å². The van der Waals surface area contributed by atoms with Crippen molar-refractivity contribution in [3.63, 3.8) is 0 Å². The van der Waals surface area contributed by atoms with Crippen molar-refractivity contribution in [3.8, 4) is 0 Å². The Balaban J connectivity index is 0.00000256. The van der Waals surface area contributed by atoms with Crippen LogP contribution in [0.15, 0.2) is 53.8 Å². The second kappa shape index (κ2) is 11.3. The van der Waals surface area contributed by atoms with Gasteiger partial charge in [-0.15, -0.1) is 24.0 Å². The van der Waals surface area contributed by atoms with Crippen LogP contribution in [0.1, 0.15) is 13.3 Å². The minimum Gasteiger partial charge on any atom is -0.371 e. The van der Waals surface area contributed by atoms with E-state index in [0.29, 0.717) is 5.92 Å². The highest BCUT2D eigenvalue weighted by Crippen LogP contribution is 2.23. The number of aromatic nitrogens is 2. The quantitative estimate of drug-likeness (QED) is 0.371. The molecule has 1 aromatic carbocycles. The smallest absolute Gasteiger partial charge is 0.225 e. The summed E-state index contributed by atoms with van der Waals surface area (Å²) in [6, 6.07) is 12.6. The lowest BCUT2D eigenvalue weighted by Gasteiger charge is -2.36. The molecule has 30 heavy (non-hydrogen) atoms. The Morgan fingerprint density at radius 3 is 2.43 bits per heavy atom. The maximum atomic E-state index is 5.00. The monoisotopic (exact) mass is 521 g/mol. The summed E-state index contributed by atoms with van der Waals surface area (Å²) < 4.78 is 0. The topological polar surface area (TPSA) is 59.9 Å². The Morgan fingerprint density at radius 2 is 1.73 bits per heavy atom. The van der Waals surface area contributed by atoms with E-state index in [0.717, 1.165) is 64.3 Å². The molecular weight excluding hydrogens is 489 g/mol. The first-order valence-corrected chi connectivity index (χ1v) is 10.7. The van der Waals surface area contributed by atoms with Crippen LogP contribution in [0.3, 0.4) is 0 Å². The van der Waals surface area contributed by atoms with Gasteiger partial charge in [-0.05, 0) is 37.5 Å². The normalized spacial score (nSPS) is 19.6. The summed E-state index contributed by atoms with van der Waals surface area (Å²) in [4.78, 5) is 20.8. The van der Waals surface area contributed by atoms with Gasteiger partial charge < -0.3 is 20.0 Å². The van der Waals surface area contributed by atoms with Gasteiger partial charge in [-0.3, -0.25) is 4.99 Å². The highest BCUT2D eigenvalue weighted by Gasteiger charge is 2.24. The number of rotatable bonds is 5. The fraction of sp³-hybridized carbons (Fsp3) is 0.500. The number of nitrogens with one attached hydrogen (secondary N) is 1. The fourth-order valence-electron chi connectivity index (χ4n) is 4.07. The third-order valence-electron chi connectivity index (χ3n) is 5.66. The van der Waals surface area contributed by atoms with E-state index in [1.54, 1.807) is 12.4 Å². The lowest BCUT2D eigenvalue weighted by atomic mass is 10.1. The number of anilines is 2. The lowest BCUT2D eigenvalue weighted by molar-refractivity contribution is 0.369. The average molecular weight is 521 g/mol. The first kappa shape index (κ1) is 22.6. The van der Waals surface area contributed by atoms with Crippen molar-refractivity contribution >= 4 is 41.6 Å². The van der Waals surface area contributed by atoms with Crippen LogP contribution in [0, 0.1) is 5.92 Å². The SMILES string of the molecule is CCNC(=NCC1CCN(c2ccccc2)C1)N1CCN(c2ncccn2)CC1.I. The molecule has 1 atom stereocenters. The Hall–Kier alpha value is -2.10. The second-order valence-electron chi connectivity index (χ2n) is 7.65. The highest BCUT2D eigenvalue weighted by molar-refractivity contribution is 14.0. The largest absolute Gasteiger partial charge is 0.371 e. The molecule has 3 heterocycles. The Labute approximate surface area is 196 Å². The molecule has 4 rings (SSSR count). The molecule has 0 bridgehead atoms. The molecule has 1 aromatic heterocycles. The zero-order valence-corrected chi connectivity index (χ0v) is 20.0. The van der Waals surface area contributed by atoms with Gasteiger partial charge in [-0.2, -0.15) is 0 Å². The number of hydrogen-bond acceptors (Lipinski definition) is 5. The molecule has 0 radical (unpaired) electrons. The summed E-state index contributed by atoms with van der Waals surface area (Å²) in [5.74, 6) is 2.48.